The highest BCUT2D eigenvalue weighted by Gasteiger charge is 2.27. The number of halogens is 1. The zero-order chi connectivity index (χ0) is 21.7. The largest absolute Gasteiger partial charge is 0.492 e. The Morgan fingerprint density at radius 3 is 2.83 bits per heavy atom. The summed E-state index contributed by atoms with van der Waals surface area (Å²) in [7, 11) is 1.77. The zero-order valence-electron chi connectivity index (χ0n) is 18.0. The Morgan fingerprint density at radius 2 is 2.07 bits per heavy atom. The second-order valence-electron chi connectivity index (χ2n) is 7.04. The average Bonchev–Trinajstić information content (AvgIpc) is 3.09. The molecule has 0 saturated heterocycles. The van der Waals surface area contributed by atoms with Gasteiger partial charge >= 0.3 is 0 Å². The summed E-state index contributed by atoms with van der Waals surface area (Å²) in [5.74, 6) is 1.13. The average molecular weight is 416 g/mol. The third-order valence-electron chi connectivity index (χ3n) is 4.92. The van der Waals surface area contributed by atoms with Gasteiger partial charge in [-0.05, 0) is 18.6 Å². The molecule has 2 aromatic rings. The molecule has 0 amide bonds. The van der Waals surface area contributed by atoms with Gasteiger partial charge in [0.1, 0.15) is 11.6 Å². The smallest absolute Gasteiger partial charge is 0.229 e. The number of rotatable bonds is 4. The van der Waals surface area contributed by atoms with Crippen molar-refractivity contribution in [3.63, 3.8) is 0 Å². The van der Waals surface area contributed by atoms with E-state index in [9.17, 15) is 5.11 Å². The van der Waals surface area contributed by atoms with Gasteiger partial charge in [0.05, 0.1) is 24.0 Å². The molecular weight excluding hydrogens is 385 g/mol. The van der Waals surface area contributed by atoms with Gasteiger partial charge in [0.2, 0.25) is 5.95 Å². The lowest BCUT2D eigenvalue weighted by atomic mass is 9.95. The molecule has 0 radical (unpaired) electrons. The van der Waals surface area contributed by atoms with Crippen molar-refractivity contribution in [1.29, 1.82) is 0 Å². The van der Waals surface area contributed by atoms with Crippen LogP contribution in [0.1, 0.15) is 37.1 Å². The number of aliphatic hydroxyl groups excluding tert-OH is 1. The highest BCUT2D eigenvalue weighted by molar-refractivity contribution is 5.78. The first-order chi connectivity index (χ1) is 14.5. The van der Waals surface area contributed by atoms with Crippen LogP contribution in [0.15, 0.2) is 18.2 Å². The van der Waals surface area contributed by atoms with E-state index in [-0.39, 0.29) is 0 Å². The van der Waals surface area contributed by atoms with Gasteiger partial charge in [-0.1, -0.05) is 19.9 Å². The topological polar surface area (TPSA) is 91.3 Å². The number of anilines is 3. The minimum Gasteiger partial charge on any atom is -0.492 e. The summed E-state index contributed by atoms with van der Waals surface area (Å²) in [6.07, 6.45) is 2.43. The Kier molecular flexibility index (Phi) is 7.23. The van der Waals surface area contributed by atoms with E-state index >= 15 is 4.39 Å². The summed E-state index contributed by atoms with van der Waals surface area (Å²) < 4.78 is 21.3. The maximum atomic E-state index is 15.6. The third kappa shape index (κ3) is 4.71. The quantitative estimate of drug-likeness (QED) is 0.608. The summed E-state index contributed by atoms with van der Waals surface area (Å²) in [5.41, 5.74) is 3.18. The van der Waals surface area contributed by atoms with Crippen LogP contribution in [0, 0.1) is 12.7 Å². The van der Waals surface area contributed by atoms with Crippen LogP contribution < -0.4 is 20.7 Å². The van der Waals surface area contributed by atoms with Crippen LogP contribution >= 0.6 is 0 Å². The molecule has 1 aromatic heterocycles. The van der Waals surface area contributed by atoms with Gasteiger partial charge in [0, 0.05) is 50.3 Å². The van der Waals surface area contributed by atoms with Crippen molar-refractivity contribution < 1.29 is 14.2 Å². The van der Waals surface area contributed by atoms with E-state index in [2.05, 4.69) is 25.9 Å². The summed E-state index contributed by atoms with van der Waals surface area (Å²) in [6.45, 7) is 7.43. The fourth-order valence-electron chi connectivity index (χ4n) is 3.62. The van der Waals surface area contributed by atoms with E-state index in [1.807, 2.05) is 32.9 Å². The Labute approximate surface area is 176 Å². The van der Waals surface area contributed by atoms with E-state index in [1.54, 1.807) is 13.1 Å². The number of fused-ring (bicyclic) bond motifs is 1. The van der Waals surface area contributed by atoms with Crippen molar-refractivity contribution in [2.45, 2.75) is 39.7 Å². The van der Waals surface area contributed by atoms with Gasteiger partial charge in [0.25, 0.3) is 0 Å². The molecule has 1 atom stereocenters. The van der Waals surface area contributed by atoms with Crippen molar-refractivity contribution >= 4 is 23.0 Å². The Morgan fingerprint density at radius 1 is 1.27 bits per heavy atom. The third-order valence-corrected chi connectivity index (χ3v) is 4.92. The monoisotopic (exact) mass is 415 g/mol. The summed E-state index contributed by atoms with van der Waals surface area (Å²) in [4.78, 5) is 8.71. The van der Waals surface area contributed by atoms with Crippen LogP contribution in [-0.2, 0) is 6.42 Å². The lowest BCUT2D eigenvalue weighted by Gasteiger charge is -2.17. The number of nitrogens with one attached hydrogen (secondary N) is 3. The Balaban J connectivity index is 0.00000124. The molecule has 7 nitrogen and oxygen atoms in total. The Bertz CT molecular complexity index is 932. The molecule has 1 unspecified atom stereocenters. The summed E-state index contributed by atoms with van der Waals surface area (Å²) >= 11 is 0. The van der Waals surface area contributed by atoms with Gasteiger partial charge in [0.15, 0.2) is 5.82 Å². The van der Waals surface area contributed by atoms with Crippen molar-refractivity contribution in [3.8, 4) is 5.75 Å². The molecule has 1 aromatic carbocycles. The Hall–Kier alpha value is -2.71. The van der Waals surface area contributed by atoms with E-state index in [1.165, 1.54) is 0 Å². The predicted molar refractivity (Wildman–Crippen MR) is 118 cm³/mol. The molecule has 0 fully saturated rings. The maximum absolute atomic E-state index is 15.6. The lowest BCUT2D eigenvalue weighted by molar-refractivity contribution is 0.180. The zero-order valence-corrected chi connectivity index (χ0v) is 18.0. The number of aromatic nitrogens is 2. The van der Waals surface area contributed by atoms with Crippen LogP contribution in [-0.4, -0.2) is 47.9 Å². The molecule has 162 valence electrons. The molecular formula is C22H30FN5O2. The number of benzene rings is 1. The normalized spacial score (nSPS) is 17.7. The molecule has 2 aliphatic heterocycles. The second kappa shape index (κ2) is 9.86. The van der Waals surface area contributed by atoms with Gasteiger partial charge in [-0.15, -0.1) is 0 Å². The van der Waals surface area contributed by atoms with Gasteiger partial charge < -0.3 is 25.8 Å². The summed E-state index contributed by atoms with van der Waals surface area (Å²) in [5, 5.41) is 19.3. The van der Waals surface area contributed by atoms with Crippen molar-refractivity contribution in [2.75, 3.05) is 37.4 Å². The van der Waals surface area contributed by atoms with E-state index in [0.29, 0.717) is 61.3 Å². The van der Waals surface area contributed by atoms with Crippen molar-refractivity contribution in [2.24, 2.45) is 0 Å². The summed E-state index contributed by atoms with van der Waals surface area (Å²) in [6, 6.07) is 3.58. The lowest BCUT2D eigenvalue weighted by Crippen LogP contribution is -2.24. The van der Waals surface area contributed by atoms with Crippen molar-refractivity contribution in [3.05, 3.63) is 40.8 Å². The maximum Gasteiger partial charge on any atom is 0.229 e. The first kappa shape index (κ1) is 22.0. The number of nitrogens with zero attached hydrogens (tertiary/aromatic N) is 2. The van der Waals surface area contributed by atoms with Gasteiger partial charge in [-0.25, -0.2) is 9.37 Å². The van der Waals surface area contributed by atoms with Gasteiger partial charge in [-0.3, -0.25) is 0 Å². The molecule has 2 aliphatic rings. The van der Waals surface area contributed by atoms with Crippen LogP contribution in [0.4, 0.5) is 21.8 Å². The number of β-amino-alcohol motifs (C(OH)–C–C–N with tert-alkyl or cyclic N) is 1. The SMILES string of the molecule is CC.CNc1cc(C)nc(Nc2cc3c(c(C4=CCNCC(O)C4)c2F)OCC3)n1. The molecule has 30 heavy (non-hydrogen) atoms. The molecule has 0 saturated carbocycles. The van der Waals surface area contributed by atoms with Crippen LogP contribution in [0.2, 0.25) is 0 Å². The molecule has 0 aliphatic carbocycles. The van der Waals surface area contributed by atoms with Crippen LogP contribution in [0.3, 0.4) is 0 Å². The number of aliphatic hydroxyl groups is 1. The van der Waals surface area contributed by atoms with Gasteiger partial charge in [-0.2, -0.15) is 4.98 Å². The first-order valence-electron chi connectivity index (χ1n) is 10.4. The first-order valence-corrected chi connectivity index (χ1v) is 10.4. The molecule has 4 N–H and O–H groups in total. The highest BCUT2D eigenvalue weighted by atomic mass is 19.1. The number of ether oxygens (including phenoxy) is 1. The highest BCUT2D eigenvalue weighted by Crippen LogP contribution is 2.41. The predicted octanol–water partition coefficient (Wildman–Crippen LogP) is 3.41. The molecule has 3 heterocycles. The van der Waals surface area contributed by atoms with Crippen LogP contribution in [0.25, 0.3) is 5.57 Å². The van der Waals surface area contributed by atoms with Crippen molar-refractivity contribution in [1.82, 2.24) is 15.3 Å². The standard InChI is InChI=1S/C20H24FN5O2.C2H6/c1-11-7-16(22-2)26-20(24-11)25-15-9-13-4-6-28-19(13)17(18(15)21)12-3-5-23-10-14(27)8-12;1-2/h3,7,9,14,23,27H,4-6,8,10H2,1-2H3,(H2,22,24,25,26);1-2H3. The molecule has 8 heteroatoms. The van der Waals surface area contributed by atoms with E-state index in [0.717, 1.165) is 16.8 Å². The minimum atomic E-state index is -0.569. The fourth-order valence-corrected chi connectivity index (χ4v) is 3.62. The number of hydrogen-bond donors (Lipinski definition) is 4. The number of hydrogen-bond acceptors (Lipinski definition) is 7. The van der Waals surface area contributed by atoms with E-state index in [4.69, 9.17) is 4.74 Å². The second-order valence-corrected chi connectivity index (χ2v) is 7.04. The fraction of sp³-hybridized carbons (Fsp3) is 0.455. The molecule has 0 spiro atoms. The number of aryl methyl sites for hydroxylation is 1. The molecule has 4 rings (SSSR count). The van der Waals surface area contributed by atoms with E-state index < -0.39 is 11.9 Å². The minimum absolute atomic E-state index is 0.305. The van der Waals surface area contributed by atoms with Crippen LogP contribution in [0.5, 0.6) is 5.75 Å². The molecule has 0 bridgehead atoms.